The number of esters is 1. The number of carbonyl (C=O) groups excluding carboxylic acids is 1. The standard InChI is InChI=1S/C22H30N2O3S/c1-22(2,3)14-8-10-15(11-9-14)27-18(25)12-24-13-23-20-19(21(24)26)16-6-4-5-7-17(16)28-20/h13-15H,4-12H2,1-3H3. The molecular weight excluding hydrogens is 372 g/mol. The van der Waals surface area contributed by atoms with Crippen LogP contribution in [0.4, 0.5) is 0 Å². The van der Waals surface area contributed by atoms with Gasteiger partial charge in [-0.25, -0.2) is 4.98 Å². The number of rotatable bonds is 3. The van der Waals surface area contributed by atoms with Crippen LogP contribution in [0.2, 0.25) is 0 Å². The molecule has 2 heterocycles. The molecule has 5 nitrogen and oxygen atoms in total. The van der Waals surface area contributed by atoms with Crippen LogP contribution in [-0.4, -0.2) is 21.6 Å². The van der Waals surface area contributed by atoms with E-state index in [0.29, 0.717) is 11.3 Å². The molecule has 0 aromatic carbocycles. The zero-order chi connectivity index (χ0) is 19.9. The van der Waals surface area contributed by atoms with Crippen LogP contribution in [-0.2, 0) is 28.9 Å². The summed E-state index contributed by atoms with van der Waals surface area (Å²) in [6.45, 7) is 6.79. The van der Waals surface area contributed by atoms with Gasteiger partial charge in [0.2, 0.25) is 0 Å². The average Bonchev–Trinajstić information content (AvgIpc) is 3.03. The summed E-state index contributed by atoms with van der Waals surface area (Å²) in [6, 6.07) is 0. The van der Waals surface area contributed by atoms with Crippen molar-refractivity contribution < 1.29 is 9.53 Å². The minimum absolute atomic E-state index is 0.0209. The Labute approximate surface area is 170 Å². The van der Waals surface area contributed by atoms with Gasteiger partial charge in [0.05, 0.1) is 11.7 Å². The summed E-state index contributed by atoms with van der Waals surface area (Å²) in [4.78, 5) is 32.0. The minimum atomic E-state index is -0.327. The fraction of sp³-hybridized carbons (Fsp3) is 0.682. The highest BCUT2D eigenvalue weighted by atomic mass is 32.1. The Kier molecular flexibility index (Phi) is 5.34. The predicted octanol–water partition coefficient (Wildman–Crippen LogP) is 4.48. The smallest absolute Gasteiger partial charge is 0.326 e. The van der Waals surface area contributed by atoms with Gasteiger partial charge in [0, 0.05) is 4.88 Å². The van der Waals surface area contributed by atoms with Gasteiger partial charge in [-0.05, 0) is 68.3 Å². The first-order valence-electron chi connectivity index (χ1n) is 10.5. The molecule has 2 aliphatic rings. The van der Waals surface area contributed by atoms with E-state index < -0.39 is 0 Å². The lowest BCUT2D eigenvalue weighted by molar-refractivity contribution is -0.152. The first-order chi connectivity index (χ1) is 13.3. The molecule has 152 valence electrons. The van der Waals surface area contributed by atoms with Crippen molar-refractivity contribution in [2.75, 3.05) is 0 Å². The molecule has 0 radical (unpaired) electrons. The molecule has 0 atom stereocenters. The van der Waals surface area contributed by atoms with E-state index >= 15 is 0 Å². The maximum Gasteiger partial charge on any atom is 0.326 e. The quantitative estimate of drug-likeness (QED) is 0.710. The Morgan fingerprint density at radius 1 is 1.21 bits per heavy atom. The van der Waals surface area contributed by atoms with Gasteiger partial charge in [0.15, 0.2) is 0 Å². The molecule has 0 N–H and O–H groups in total. The lowest BCUT2D eigenvalue weighted by Crippen LogP contribution is -2.32. The molecule has 0 amide bonds. The summed E-state index contributed by atoms with van der Waals surface area (Å²) in [5.41, 5.74) is 1.37. The first-order valence-corrected chi connectivity index (χ1v) is 11.3. The molecule has 0 bridgehead atoms. The Balaban J connectivity index is 1.43. The second-order valence-electron chi connectivity index (χ2n) is 9.40. The normalized spacial score (nSPS) is 22.8. The van der Waals surface area contributed by atoms with Gasteiger partial charge in [-0.15, -0.1) is 11.3 Å². The van der Waals surface area contributed by atoms with Crippen molar-refractivity contribution in [3.8, 4) is 0 Å². The molecule has 2 aliphatic carbocycles. The van der Waals surface area contributed by atoms with Crippen molar-refractivity contribution in [2.45, 2.75) is 84.8 Å². The maximum atomic E-state index is 13.0. The molecule has 0 spiro atoms. The average molecular weight is 403 g/mol. The number of hydrogen-bond acceptors (Lipinski definition) is 5. The number of thiophene rings is 1. The summed E-state index contributed by atoms with van der Waals surface area (Å²) in [5.74, 6) is 0.355. The van der Waals surface area contributed by atoms with E-state index in [2.05, 4.69) is 25.8 Å². The van der Waals surface area contributed by atoms with Crippen molar-refractivity contribution in [1.82, 2.24) is 9.55 Å². The van der Waals surface area contributed by atoms with Crippen molar-refractivity contribution in [3.63, 3.8) is 0 Å². The number of nitrogens with zero attached hydrogens (tertiary/aromatic N) is 2. The second-order valence-corrected chi connectivity index (χ2v) is 10.5. The van der Waals surface area contributed by atoms with Gasteiger partial charge < -0.3 is 4.74 Å². The van der Waals surface area contributed by atoms with Gasteiger partial charge in [-0.3, -0.25) is 14.2 Å². The van der Waals surface area contributed by atoms with E-state index in [1.165, 1.54) is 22.2 Å². The monoisotopic (exact) mass is 402 g/mol. The topological polar surface area (TPSA) is 61.2 Å². The SMILES string of the molecule is CC(C)(C)C1CCC(OC(=O)Cn2cnc3sc4c(c3c2=O)CCCC4)CC1. The Morgan fingerprint density at radius 3 is 2.64 bits per heavy atom. The number of carbonyl (C=O) groups is 1. The van der Waals surface area contributed by atoms with Crippen LogP contribution in [0, 0.1) is 11.3 Å². The van der Waals surface area contributed by atoms with Crippen molar-refractivity contribution in [1.29, 1.82) is 0 Å². The fourth-order valence-corrected chi connectivity index (χ4v) is 5.92. The molecular formula is C22H30N2O3S. The van der Waals surface area contributed by atoms with Crippen molar-refractivity contribution in [3.05, 3.63) is 27.1 Å². The summed E-state index contributed by atoms with van der Waals surface area (Å²) in [6.07, 6.45) is 9.77. The molecule has 28 heavy (non-hydrogen) atoms. The van der Waals surface area contributed by atoms with Gasteiger partial charge in [-0.2, -0.15) is 0 Å². The van der Waals surface area contributed by atoms with Gasteiger partial charge in [0.25, 0.3) is 5.56 Å². The molecule has 1 fully saturated rings. The van der Waals surface area contributed by atoms with E-state index in [1.807, 2.05) is 0 Å². The second kappa shape index (κ2) is 7.62. The van der Waals surface area contributed by atoms with Crippen LogP contribution in [0.25, 0.3) is 10.2 Å². The van der Waals surface area contributed by atoms with Crippen LogP contribution < -0.4 is 5.56 Å². The van der Waals surface area contributed by atoms with E-state index in [1.54, 1.807) is 11.3 Å². The predicted molar refractivity (Wildman–Crippen MR) is 112 cm³/mol. The highest BCUT2D eigenvalue weighted by molar-refractivity contribution is 7.18. The zero-order valence-corrected chi connectivity index (χ0v) is 17.9. The highest BCUT2D eigenvalue weighted by Crippen LogP contribution is 2.38. The highest BCUT2D eigenvalue weighted by Gasteiger charge is 2.31. The number of hydrogen-bond donors (Lipinski definition) is 0. The maximum absolute atomic E-state index is 13.0. The van der Waals surface area contributed by atoms with Crippen molar-refractivity contribution >= 4 is 27.5 Å². The molecule has 1 saturated carbocycles. The Morgan fingerprint density at radius 2 is 1.93 bits per heavy atom. The number of fused-ring (bicyclic) bond motifs is 3. The van der Waals surface area contributed by atoms with Gasteiger partial charge in [0.1, 0.15) is 17.5 Å². The third-order valence-electron chi connectivity index (χ3n) is 6.44. The summed E-state index contributed by atoms with van der Waals surface area (Å²) >= 11 is 1.63. The van der Waals surface area contributed by atoms with Crippen LogP contribution in [0.5, 0.6) is 0 Å². The Hall–Kier alpha value is -1.69. The lowest BCUT2D eigenvalue weighted by Gasteiger charge is -2.36. The fourth-order valence-electron chi connectivity index (χ4n) is 4.70. The molecule has 6 heteroatoms. The largest absolute Gasteiger partial charge is 0.461 e. The molecule has 2 aromatic rings. The number of aromatic nitrogens is 2. The Bertz CT molecular complexity index is 930. The van der Waals surface area contributed by atoms with E-state index in [-0.39, 0.29) is 24.2 Å². The van der Waals surface area contributed by atoms with Gasteiger partial charge >= 0.3 is 5.97 Å². The van der Waals surface area contributed by atoms with Crippen LogP contribution in [0.1, 0.15) is 69.7 Å². The molecule has 0 saturated heterocycles. The third kappa shape index (κ3) is 3.88. The molecule has 0 unspecified atom stereocenters. The first kappa shape index (κ1) is 19.6. The number of ether oxygens (including phenoxy) is 1. The van der Waals surface area contributed by atoms with Crippen LogP contribution in [0.15, 0.2) is 11.1 Å². The summed E-state index contributed by atoms with van der Waals surface area (Å²) in [5, 5.41) is 0.723. The van der Waals surface area contributed by atoms with Crippen LogP contribution >= 0.6 is 11.3 Å². The lowest BCUT2D eigenvalue weighted by atomic mass is 9.72. The zero-order valence-electron chi connectivity index (χ0n) is 17.1. The molecule has 0 aliphatic heterocycles. The van der Waals surface area contributed by atoms with Crippen LogP contribution in [0.3, 0.4) is 0 Å². The number of aryl methyl sites for hydroxylation is 2. The van der Waals surface area contributed by atoms with E-state index in [0.717, 1.165) is 60.7 Å². The van der Waals surface area contributed by atoms with Gasteiger partial charge in [-0.1, -0.05) is 20.8 Å². The summed E-state index contributed by atoms with van der Waals surface area (Å²) < 4.78 is 7.12. The minimum Gasteiger partial charge on any atom is -0.461 e. The van der Waals surface area contributed by atoms with Crippen molar-refractivity contribution in [2.24, 2.45) is 11.3 Å². The summed E-state index contributed by atoms with van der Waals surface area (Å²) in [7, 11) is 0. The molecule has 4 rings (SSSR count). The molecule has 2 aromatic heterocycles. The van der Waals surface area contributed by atoms with E-state index in [9.17, 15) is 9.59 Å². The van der Waals surface area contributed by atoms with E-state index in [4.69, 9.17) is 4.74 Å². The third-order valence-corrected chi connectivity index (χ3v) is 7.64.